The number of carbonyl (C=O) groups is 1. The lowest BCUT2D eigenvalue weighted by molar-refractivity contribution is 0.0910. The molecular formula is C18H29N3O2. The summed E-state index contributed by atoms with van der Waals surface area (Å²) in [5.41, 5.74) is 1.83. The molecule has 1 amide bonds. The van der Waals surface area contributed by atoms with Gasteiger partial charge in [-0.1, -0.05) is 25.5 Å². The SMILES string of the molecule is CCCC(O)CNC(=O)c1cccc(CN2CCN(C)CC2)c1. The number of hydrogen-bond acceptors (Lipinski definition) is 4. The van der Waals surface area contributed by atoms with Crippen molar-refractivity contribution in [1.82, 2.24) is 15.1 Å². The van der Waals surface area contributed by atoms with Crippen LogP contribution in [0.4, 0.5) is 0 Å². The quantitative estimate of drug-likeness (QED) is 0.796. The summed E-state index contributed by atoms with van der Waals surface area (Å²) in [6, 6.07) is 7.79. The third kappa shape index (κ3) is 5.94. The van der Waals surface area contributed by atoms with E-state index in [1.54, 1.807) is 0 Å². The Hall–Kier alpha value is -1.43. The van der Waals surface area contributed by atoms with E-state index in [2.05, 4.69) is 28.2 Å². The second kappa shape index (κ2) is 9.01. The zero-order chi connectivity index (χ0) is 16.7. The molecule has 1 atom stereocenters. The van der Waals surface area contributed by atoms with Gasteiger partial charge in [0.1, 0.15) is 0 Å². The van der Waals surface area contributed by atoms with Gasteiger partial charge < -0.3 is 15.3 Å². The van der Waals surface area contributed by atoms with Crippen LogP contribution in [0.1, 0.15) is 35.7 Å². The number of carbonyl (C=O) groups excluding carboxylic acids is 1. The monoisotopic (exact) mass is 319 g/mol. The molecule has 2 rings (SSSR count). The Morgan fingerprint density at radius 3 is 2.74 bits per heavy atom. The molecule has 1 unspecified atom stereocenters. The van der Waals surface area contributed by atoms with Gasteiger partial charge in [-0.3, -0.25) is 9.69 Å². The first-order chi connectivity index (χ1) is 11.1. The Balaban J connectivity index is 1.87. The van der Waals surface area contributed by atoms with Crippen molar-refractivity contribution in [3.05, 3.63) is 35.4 Å². The van der Waals surface area contributed by atoms with Gasteiger partial charge in [-0.2, -0.15) is 0 Å². The van der Waals surface area contributed by atoms with Gasteiger partial charge in [-0.25, -0.2) is 0 Å². The highest BCUT2D eigenvalue weighted by atomic mass is 16.3. The van der Waals surface area contributed by atoms with E-state index in [0.29, 0.717) is 18.5 Å². The Labute approximate surface area is 139 Å². The van der Waals surface area contributed by atoms with Crippen LogP contribution in [0.5, 0.6) is 0 Å². The average molecular weight is 319 g/mol. The van der Waals surface area contributed by atoms with Crippen molar-refractivity contribution in [3.63, 3.8) is 0 Å². The van der Waals surface area contributed by atoms with Crippen LogP contribution in [0.3, 0.4) is 0 Å². The number of hydrogen-bond donors (Lipinski definition) is 2. The summed E-state index contributed by atoms with van der Waals surface area (Å²) in [6.07, 6.45) is 1.17. The molecule has 1 fully saturated rings. The topological polar surface area (TPSA) is 55.8 Å². The standard InChI is InChI=1S/C18H29N3O2/c1-3-5-17(22)13-19-18(23)16-7-4-6-15(12-16)14-21-10-8-20(2)9-11-21/h4,6-7,12,17,22H,3,5,8-11,13-14H2,1-2H3,(H,19,23). The number of piperazine rings is 1. The molecule has 128 valence electrons. The lowest BCUT2D eigenvalue weighted by Crippen LogP contribution is -2.43. The molecule has 5 nitrogen and oxygen atoms in total. The fourth-order valence-electron chi connectivity index (χ4n) is 2.82. The van der Waals surface area contributed by atoms with Crippen molar-refractivity contribution in [3.8, 4) is 0 Å². The second-order valence-corrected chi connectivity index (χ2v) is 6.43. The summed E-state index contributed by atoms with van der Waals surface area (Å²) in [6.45, 7) is 7.53. The van der Waals surface area contributed by atoms with E-state index in [1.165, 1.54) is 0 Å². The summed E-state index contributed by atoms with van der Waals surface area (Å²) >= 11 is 0. The van der Waals surface area contributed by atoms with Gasteiger partial charge in [0.2, 0.25) is 0 Å². The molecule has 2 N–H and O–H groups in total. The van der Waals surface area contributed by atoms with Crippen LogP contribution < -0.4 is 5.32 Å². The van der Waals surface area contributed by atoms with E-state index in [4.69, 9.17) is 0 Å². The smallest absolute Gasteiger partial charge is 0.251 e. The van der Waals surface area contributed by atoms with Crippen LogP contribution in [0, 0.1) is 0 Å². The van der Waals surface area contributed by atoms with Crippen LogP contribution in [0.15, 0.2) is 24.3 Å². The molecular weight excluding hydrogens is 290 g/mol. The zero-order valence-corrected chi connectivity index (χ0v) is 14.3. The lowest BCUT2D eigenvalue weighted by atomic mass is 10.1. The van der Waals surface area contributed by atoms with Crippen LogP contribution in [-0.2, 0) is 6.54 Å². The molecule has 1 aliphatic heterocycles. The summed E-state index contributed by atoms with van der Waals surface area (Å²) in [4.78, 5) is 17.0. The molecule has 1 aromatic carbocycles. The summed E-state index contributed by atoms with van der Waals surface area (Å²) in [5, 5.41) is 12.5. The number of aliphatic hydroxyl groups is 1. The predicted molar refractivity (Wildman–Crippen MR) is 92.5 cm³/mol. The Kier molecular flexibility index (Phi) is 7.02. The molecule has 5 heteroatoms. The second-order valence-electron chi connectivity index (χ2n) is 6.43. The van der Waals surface area contributed by atoms with Gasteiger partial charge in [0.05, 0.1) is 6.10 Å². The molecule has 0 aliphatic carbocycles. The molecule has 1 heterocycles. The maximum absolute atomic E-state index is 12.2. The first kappa shape index (κ1) is 17.9. The number of likely N-dealkylation sites (N-methyl/N-ethyl adjacent to an activating group) is 1. The third-order valence-corrected chi connectivity index (χ3v) is 4.31. The molecule has 1 saturated heterocycles. The van der Waals surface area contributed by atoms with Crippen molar-refractivity contribution in [2.24, 2.45) is 0 Å². The number of amides is 1. The third-order valence-electron chi connectivity index (χ3n) is 4.31. The molecule has 23 heavy (non-hydrogen) atoms. The van der Waals surface area contributed by atoms with Crippen LogP contribution in [-0.4, -0.2) is 66.7 Å². The molecule has 1 aliphatic rings. The van der Waals surface area contributed by atoms with Crippen LogP contribution in [0.2, 0.25) is 0 Å². The minimum Gasteiger partial charge on any atom is -0.391 e. The maximum atomic E-state index is 12.2. The normalized spacial score (nSPS) is 17.9. The van der Waals surface area contributed by atoms with Crippen LogP contribution in [0.25, 0.3) is 0 Å². The number of aliphatic hydroxyl groups excluding tert-OH is 1. The molecule has 1 aromatic rings. The highest BCUT2D eigenvalue weighted by Crippen LogP contribution is 2.10. The first-order valence-electron chi connectivity index (χ1n) is 8.54. The lowest BCUT2D eigenvalue weighted by Gasteiger charge is -2.32. The van der Waals surface area contributed by atoms with Crippen molar-refractivity contribution in [2.45, 2.75) is 32.4 Å². The molecule has 0 spiro atoms. The molecule has 0 saturated carbocycles. The largest absolute Gasteiger partial charge is 0.391 e. The van der Waals surface area contributed by atoms with Gasteiger partial charge >= 0.3 is 0 Å². The first-order valence-corrected chi connectivity index (χ1v) is 8.54. The summed E-state index contributed by atoms with van der Waals surface area (Å²) < 4.78 is 0. The highest BCUT2D eigenvalue weighted by Gasteiger charge is 2.15. The predicted octanol–water partition coefficient (Wildman–Crippen LogP) is 1.32. The van der Waals surface area contributed by atoms with Gasteiger partial charge in [0, 0.05) is 44.8 Å². The highest BCUT2D eigenvalue weighted by molar-refractivity contribution is 5.94. The molecule has 0 bridgehead atoms. The van der Waals surface area contributed by atoms with Crippen molar-refractivity contribution < 1.29 is 9.90 Å². The van der Waals surface area contributed by atoms with E-state index in [0.717, 1.165) is 44.7 Å². The number of rotatable bonds is 7. The molecule has 0 aromatic heterocycles. The zero-order valence-electron chi connectivity index (χ0n) is 14.3. The van der Waals surface area contributed by atoms with Crippen molar-refractivity contribution >= 4 is 5.91 Å². The summed E-state index contributed by atoms with van der Waals surface area (Å²) in [7, 11) is 2.15. The van der Waals surface area contributed by atoms with E-state index in [-0.39, 0.29) is 5.91 Å². The Morgan fingerprint density at radius 1 is 1.30 bits per heavy atom. The fraction of sp³-hybridized carbons (Fsp3) is 0.611. The maximum Gasteiger partial charge on any atom is 0.251 e. The van der Waals surface area contributed by atoms with Gasteiger partial charge in [0.25, 0.3) is 5.91 Å². The fourth-order valence-corrected chi connectivity index (χ4v) is 2.82. The van der Waals surface area contributed by atoms with Crippen molar-refractivity contribution in [1.29, 1.82) is 0 Å². The van der Waals surface area contributed by atoms with E-state index in [1.807, 2.05) is 25.1 Å². The van der Waals surface area contributed by atoms with Crippen molar-refractivity contribution in [2.75, 3.05) is 39.8 Å². The van der Waals surface area contributed by atoms with Gasteiger partial charge in [-0.15, -0.1) is 0 Å². The van der Waals surface area contributed by atoms with E-state index >= 15 is 0 Å². The number of nitrogens with one attached hydrogen (secondary N) is 1. The Bertz CT molecular complexity index is 499. The van der Waals surface area contributed by atoms with E-state index in [9.17, 15) is 9.90 Å². The Morgan fingerprint density at radius 2 is 2.04 bits per heavy atom. The minimum absolute atomic E-state index is 0.111. The van der Waals surface area contributed by atoms with Gasteiger partial charge in [-0.05, 0) is 31.2 Å². The average Bonchev–Trinajstić information content (AvgIpc) is 2.55. The number of nitrogens with zero attached hydrogens (tertiary/aromatic N) is 2. The summed E-state index contributed by atoms with van der Waals surface area (Å²) in [5.74, 6) is -0.111. The number of benzene rings is 1. The molecule has 0 radical (unpaired) electrons. The van der Waals surface area contributed by atoms with Crippen LogP contribution >= 0.6 is 0 Å². The minimum atomic E-state index is -0.461. The van der Waals surface area contributed by atoms with E-state index < -0.39 is 6.10 Å². The van der Waals surface area contributed by atoms with Gasteiger partial charge in [0.15, 0.2) is 0 Å².